The molecule has 0 spiro atoms. The molecule has 0 aliphatic rings. The van der Waals surface area contributed by atoms with Crippen LogP contribution < -0.4 is 0 Å². The van der Waals surface area contributed by atoms with Gasteiger partial charge in [-0.15, -0.1) is 11.3 Å². The fraction of sp³-hybridized carbons (Fsp3) is 0.231. The lowest BCUT2D eigenvalue weighted by atomic mass is 10.1. The molecule has 2 aromatic rings. The normalized spacial score (nSPS) is 12.3. The van der Waals surface area contributed by atoms with E-state index in [-0.39, 0.29) is 0 Å². The molecule has 1 N–H and O–H groups in total. The number of nitrogens with zero attached hydrogens (tertiary/aromatic N) is 1. The van der Waals surface area contributed by atoms with Crippen molar-refractivity contribution in [3.63, 3.8) is 0 Å². The van der Waals surface area contributed by atoms with Crippen LogP contribution >= 0.6 is 11.3 Å². The number of ether oxygens (including phenoxy) is 1. The average molecular weight is 263 g/mol. The summed E-state index contributed by atoms with van der Waals surface area (Å²) < 4.78 is 4.93. The molecule has 1 heterocycles. The molecular weight excluding hydrogens is 250 g/mol. The lowest BCUT2D eigenvalue weighted by Crippen LogP contribution is -2.13. The zero-order chi connectivity index (χ0) is 13.1. The first kappa shape index (κ1) is 12.7. The number of carbonyl (C=O) groups is 1. The number of hydrogen-bond donors (Lipinski definition) is 1. The third kappa shape index (κ3) is 2.57. The van der Waals surface area contributed by atoms with Crippen molar-refractivity contribution < 1.29 is 14.6 Å². The summed E-state index contributed by atoms with van der Waals surface area (Å²) in [6, 6.07) is 7.23. The highest BCUT2D eigenvalue weighted by atomic mass is 32.1. The van der Waals surface area contributed by atoms with E-state index in [2.05, 4.69) is 4.98 Å². The fourth-order valence-electron chi connectivity index (χ4n) is 1.70. The number of carboxylic acids is 1. The van der Waals surface area contributed by atoms with Crippen LogP contribution in [0.3, 0.4) is 0 Å². The number of hydrogen-bond acceptors (Lipinski definition) is 4. The third-order valence-electron chi connectivity index (χ3n) is 2.59. The number of thiazole rings is 1. The molecule has 0 radical (unpaired) electrons. The molecule has 4 nitrogen and oxygen atoms in total. The van der Waals surface area contributed by atoms with Crippen LogP contribution in [0.2, 0.25) is 0 Å². The van der Waals surface area contributed by atoms with Gasteiger partial charge in [0.05, 0.1) is 10.7 Å². The highest BCUT2D eigenvalue weighted by Crippen LogP contribution is 2.24. The molecule has 0 saturated carbocycles. The van der Waals surface area contributed by atoms with Crippen molar-refractivity contribution in [3.8, 4) is 11.3 Å². The Morgan fingerprint density at radius 1 is 1.39 bits per heavy atom. The van der Waals surface area contributed by atoms with Crippen LogP contribution in [-0.2, 0) is 9.53 Å². The maximum atomic E-state index is 11.0. The quantitative estimate of drug-likeness (QED) is 0.921. The van der Waals surface area contributed by atoms with E-state index < -0.39 is 12.1 Å². The minimum Gasteiger partial charge on any atom is -0.479 e. The molecule has 2 rings (SSSR count). The molecule has 1 atom stereocenters. The van der Waals surface area contributed by atoms with E-state index in [1.54, 1.807) is 23.5 Å². The first-order chi connectivity index (χ1) is 8.61. The van der Waals surface area contributed by atoms with E-state index in [1.165, 1.54) is 7.11 Å². The summed E-state index contributed by atoms with van der Waals surface area (Å²) in [5.41, 5.74) is 2.51. The van der Waals surface area contributed by atoms with Crippen LogP contribution in [0.15, 0.2) is 29.6 Å². The molecule has 0 fully saturated rings. The summed E-state index contributed by atoms with van der Waals surface area (Å²) in [6.45, 7) is 1.95. The van der Waals surface area contributed by atoms with Gasteiger partial charge < -0.3 is 9.84 Å². The summed E-state index contributed by atoms with van der Waals surface area (Å²) in [4.78, 5) is 15.3. The SMILES string of the molecule is COC(C(=O)O)c1ccc(-c2csc(C)n2)cc1. The van der Waals surface area contributed by atoms with Gasteiger partial charge in [0.2, 0.25) is 0 Å². The van der Waals surface area contributed by atoms with Gasteiger partial charge in [0.15, 0.2) is 6.10 Å². The van der Waals surface area contributed by atoms with Gasteiger partial charge in [-0.2, -0.15) is 0 Å². The van der Waals surface area contributed by atoms with Gasteiger partial charge >= 0.3 is 5.97 Å². The smallest absolute Gasteiger partial charge is 0.337 e. The molecule has 1 aromatic heterocycles. The Labute approximate surface area is 109 Å². The molecule has 0 aliphatic heterocycles. The standard InChI is InChI=1S/C13H13NO3S/c1-8-14-11(7-18-8)9-3-5-10(6-4-9)12(17-2)13(15)16/h3-7,12H,1-2H3,(H,15,16). The van der Waals surface area contributed by atoms with Crippen molar-refractivity contribution in [2.75, 3.05) is 7.11 Å². The molecule has 1 aromatic carbocycles. The van der Waals surface area contributed by atoms with Crippen LogP contribution in [0.1, 0.15) is 16.7 Å². The molecule has 0 saturated heterocycles. The second kappa shape index (κ2) is 5.29. The second-order valence-electron chi connectivity index (χ2n) is 3.83. The predicted molar refractivity (Wildman–Crippen MR) is 69.7 cm³/mol. The van der Waals surface area contributed by atoms with Gasteiger partial charge in [0.25, 0.3) is 0 Å². The van der Waals surface area contributed by atoms with E-state index in [9.17, 15) is 4.79 Å². The number of aliphatic carboxylic acids is 1. The van der Waals surface area contributed by atoms with Gasteiger partial charge in [0, 0.05) is 18.1 Å². The highest BCUT2D eigenvalue weighted by molar-refractivity contribution is 7.09. The Hall–Kier alpha value is -1.72. The number of aryl methyl sites for hydroxylation is 1. The Bertz CT molecular complexity index is 548. The molecule has 5 heteroatoms. The predicted octanol–water partition coefficient (Wildman–Crippen LogP) is 2.89. The first-order valence-corrected chi connectivity index (χ1v) is 6.28. The zero-order valence-corrected chi connectivity index (χ0v) is 10.9. The Kier molecular flexibility index (Phi) is 3.74. The van der Waals surface area contributed by atoms with Gasteiger partial charge in [0.1, 0.15) is 0 Å². The molecule has 0 aliphatic carbocycles. The molecule has 0 bridgehead atoms. The largest absolute Gasteiger partial charge is 0.479 e. The van der Waals surface area contributed by atoms with E-state index >= 15 is 0 Å². The summed E-state index contributed by atoms with van der Waals surface area (Å²) in [5, 5.41) is 12.0. The van der Waals surface area contributed by atoms with E-state index in [4.69, 9.17) is 9.84 Å². The van der Waals surface area contributed by atoms with E-state index in [1.807, 2.05) is 24.4 Å². The number of benzene rings is 1. The molecule has 0 amide bonds. The molecule has 18 heavy (non-hydrogen) atoms. The van der Waals surface area contributed by atoms with Gasteiger partial charge in [-0.1, -0.05) is 24.3 Å². The van der Waals surface area contributed by atoms with Crippen LogP contribution in [-0.4, -0.2) is 23.2 Å². The number of carboxylic acid groups (broad SMARTS) is 1. The Morgan fingerprint density at radius 3 is 2.50 bits per heavy atom. The topological polar surface area (TPSA) is 59.4 Å². The van der Waals surface area contributed by atoms with Gasteiger partial charge in [-0.3, -0.25) is 0 Å². The van der Waals surface area contributed by atoms with Crippen LogP contribution in [0.4, 0.5) is 0 Å². The van der Waals surface area contributed by atoms with Crippen LogP contribution in [0, 0.1) is 6.92 Å². The second-order valence-corrected chi connectivity index (χ2v) is 4.89. The first-order valence-electron chi connectivity index (χ1n) is 5.40. The molecule has 94 valence electrons. The molecule has 1 unspecified atom stereocenters. The number of methoxy groups -OCH3 is 1. The van der Waals surface area contributed by atoms with Crippen LogP contribution in [0.25, 0.3) is 11.3 Å². The Balaban J connectivity index is 2.27. The lowest BCUT2D eigenvalue weighted by molar-refractivity contribution is -0.148. The minimum absolute atomic E-state index is 0.626. The third-order valence-corrected chi connectivity index (χ3v) is 3.36. The van der Waals surface area contributed by atoms with Crippen molar-refractivity contribution in [3.05, 3.63) is 40.2 Å². The van der Waals surface area contributed by atoms with Crippen molar-refractivity contribution in [1.29, 1.82) is 0 Å². The maximum Gasteiger partial charge on any atom is 0.337 e. The fourth-order valence-corrected chi connectivity index (χ4v) is 2.33. The Morgan fingerprint density at radius 2 is 2.06 bits per heavy atom. The number of rotatable bonds is 4. The maximum absolute atomic E-state index is 11.0. The van der Waals surface area contributed by atoms with Crippen LogP contribution in [0.5, 0.6) is 0 Å². The zero-order valence-electron chi connectivity index (χ0n) is 10.1. The van der Waals surface area contributed by atoms with Crippen molar-refractivity contribution in [2.45, 2.75) is 13.0 Å². The van der Waals surface area contributed by atoms with E-state index in [0.717, 1.165) is 16.3 Å². The summed E-state index contributed by atoms with van der Waals surface area (Å²) in [5.74, 6) is -0.991. The van der Waals surface area contributed by atoms with Crippen molar-refractivity contribution in [1.82, 2.24) is 4.98 Å². The minimum atomic E-state index is -0.991. The molecular formula is C13H13NO3S. The summed E-state index contributed by atoms with van der Waals surface area (Å²) in [7, 11) is 1.39. The van der Waals surface area contributed by atoms with E-state index in [0.29, 0.717) is 5.56 Å². The monoisotopic (exact) mass is 263 g/mol. The van der Waals surface area contributed by atoms with Gasteiger partial charge in [-0.05, 0) is 12.5 Å². The summed E-state index contributed by atoms with van der Waals surface area (Å²) >= 11 is 1.59. The summed E-state index contributed by atoms with van der Waals surface area (Å²) in [6.07, 6.45) is -0.920. The number of aromatic nitrogens is 1. The lowest BCUT2D eigenvalue weighted by Gasteiger charge is -2.10. The van der Waals surface area contributed by atoms with Gasteiger partial charge in [-0.25, -0.2) is 9.78 Å². The highest BCUT2D eigenvalue weighted by Gasteiger charge is 2.18. The van der Waals surface area contributed by atoms with Crippen molar-refractivity contribution in [2.24, 2.45) is 0 Å². The van der Waals surface area contributed by atoms with Crippen molar-refractivity contribution >= 4 is 17.3 Å². The average Bonchev–Trinajstić information content (AvgIpc) is 2.77.